The molecule has 0 spiro atoms. The largest absolute Gasteiger partial charge is 0.466 e. The Hall–Kier alpha value is -1.76. The van der Waals surface area contributed by atoms with E-state index in [1.54, 1.807) is 19.1 Å². The van der Waals surface area contributed by atoms with Crippen LogP contribution in [0.2, 0.25) is 0 Å². The van der Waals surface area contributed by atoms with Gasteiger partial charge in [-0.3, -0.25) is 4.79 Å². The van der Waals surface area contributed by atoms with E-state index in [1.165, 1.54) is 6.07 Å². The Bertz CT molecular complexity index is 502. The van der Waals surface area contributed by atoms with Gasteiger partial charge >= 0.3 is 16.5 Å². The van der Waals surface area contributed by atoms with Crippen LogP contribution in [-0.2, 0) is 26.5 Å². The molecule has 0 aliphatic rings. The van der Waals surface area contributed by atoms with Crippen molar-refractivity contribution in [2.75, 3.05) is 6.61 Å². The quantitative estimate of drug-likeness (QED) is 0.731. The van der Waals surface area contributed by atoms with E-state index in [4.69, 9.17) is 4.74 Å². The number of carbonyl (C=O) groups excluding carboxylic acids is 1. The first-order valence-electron chi connectivity index (χ1n) is 4.54. The maximum absolute atomic E-state index is 11.1. The second-order valence-corrected chi connectivity index (χ2v) is 3.39. The molecule has 0 atom stereocenters. The van der Waals surface area contributed by atoms with Crippen LogP contribution in [0.3, 0.4) is 0 Å². The third-order valence-corrected chi connectivity index (χ3v) is 1.93. The van der Waals surface area contributed by atoms with Crippen molar-refractivity contribution < 1.29 is 17.9 Å². The highest BCUT2D eigenvalue weighted by Gasteiger charge is 2.05. The van der Waals surface area contributed by atoms with Gasteiger partial charge in [0.25, 0.3) is 0 Å². The minimum Gasteiger partial charge on any atom is -0.466 e. The van der Waals surface area contributed by atoms with E-state index in [0.29, 0.717) is 12.3 Å². The molecule has 86 valence electrons. The van der Waals surface area contributed by atoms with E-state index in [-0.39, 0.29) is 12.2 Å². The number of esters is 1. The van der Waals surface area contributed by atoms with Crippen LogP contribution >= 0.6 is 0 Å². The molecule has 0 N–H and O–H groups in total. The third-order valence-electron chi connectivity index (χ3n) is 1.59. The number of hydrogen-bond donors (Lipinski definition) is 0. The number of aromatic nitrogens is 1. The summed E-state index contributed by atoms with van der Waals surface area (Å²) in [6.45, 7) is 2.01. The summed E-state index contributed by atoms with van der Waals surface area (Å²) in [6, 6.07) is 4.61. The Morgan fingerprint density at radius 1 is 1.50 bits per heavy atom. The fraction of sp³-hybridized carbons (Fsp3) is 0.333. The van der Waals surface area contributed by atoms with Crippen LogP contribution in [0.25, 0.3) is 0 Å². The molecular weight excluding hydrogens is 232 g/mol. The van der Waals surface area contributed by atoms with Crippen molar-refractivity contribution in [3.05, 3.63) is 23.9 Å². The molecule has 0 aromatic carbocycles. The number of carbonyl (C=O) groups is 1. The molecule has 0 saturated carbocycles. The normalized spacial score (nSPS) is 9.56. The van der Waals surface area contributed by atoms with Crippen LogP contribution in [0.1, 0.15) is 12.6 Å². The summed E-state index contributed by atoms with van der Waals surface area (Å²) < 4.78 is 28.6. The molecule has 6 nitrogen and oxygen atoms in total. The predicted molar refractivity (Wildman–Crippen MR) is 55.6 cm³/mol. The first-order chi connectivity index (χ1) is 7.61. The van der Waals surface area contributed by atoms with E-state index in [1.807, 2.05) is 0 Å². The summed E-state index contributed by atoms with van der Waals surface area (Å²) in [5.74, 6) is -0.356. The highest BCUT2D eigenvalue weighted by atomic mass is 32.2. The van der Waals surface area contributed by atoms with Gasteiger partial charge in [0.05, 0.1) is 18.7 Å². The zero-order valence-electron chi connectivity index (χ0n) is 8.58. The lowest BCUT2D eigenvalue weighted by molar-refractivity contribution is -0.142. The summed E-state index contributed by atoms with van der Waals surface area (Å²) in [6.07, 6.45) is 0.00267. The van der Waals surface area contributed by atoms with Crippen molar-refractivity contribution in [1.82, 2.24) is 4.98 Å². The predicted octanol–water partition coefficient (Wildman–Crippen LogP) is 0.881. The van der Waals surface area contributed by atoms with Crippen LogP contribution in [0.5, 0.6) is 0 Å². The lowest BCUT2D eigenvalue weighted by Crippen LogP contribution is -2.08. The second-order valence-electron chi connectivity index (χ2n) is 2.78. The zero-order chi connectivity index (χ0) is 12.0. The molecule has 7 heteroatoms. The molecule has 0 aliphatic heterocycles. The molecule has 1 rings (SSSR count). The summed E-state index contributed by atoms with van der Waals surface area (Å²) in [5.41, 5.74) is 0.421. The first kappa shape index (κ1) is 12.3. The summed E-state index contributed by atoms with van der Waals surface area (Å²) in [4.78, 5) is 15.0. The average molecular weight is 242 g/mol. The molecule has 0 aliphatic carbocycles. The smallest absolute Gasteiger partial charge is 0.317 e. The van der Waals surface area contributed by atoms with Crippen molar-refractivity contribution in [2.45, 2.75) is 13.3 Å². The van der Waals surface area contributed by atoms with Crippen molar-refractivity contribution in [3.8, 4) is 0 Å². The Kier molecular flexibility index (Phi) is 4.59. The van der Waals surface area contributed by atoms with Gasteiger partial charge in [0.2, 0.25) is 0 Å². The fourth-order valence-corrected chi connectivity index (χ4v) is 1.31. The Labute approximate surface area is 94.0 Å². The number of hydrogen-bond acceptors (Lipinski definition) is 6. The van der Waals surface area contributed by atoms with E-state index in [2.05, 4.69) is 9.35 Å². The van der Waals surface area contributed by atoms with Crippen molar-refractivity contribution in [3.63, 3.8) is 0 Å². The highest BCUT2D eigenvalue weighted by Crippen LogP contribution is 2.09. The minimum atomic E-state index is -2.54. The maximum Gasteiger partial charge on any atom is 0.317 e. The monoisotopic (exact) mass is 242 g/mol. The summed E-state index contributed by atoms with van der Waals surface area (Å²) in [7, 11) is -2.54. The van der Waals surface area contributed by atoms with E-state index in [0.717, 1.165) is 0 Å². The first-order valence-corrected chi connectivity index (χ1v) is 5.57. The average Bonchev–Trinajstić information content (AvgIpc) is 2.17. The molecule has 1 aromatic rings. The summed E-state index contributed by atoms with van der Waals surface area (Å²) >= 11 is 0. The van der Waals surface area contributed by atoms with Gasteiger partial charge in [-0.1, -0.05) is 6.07 Å². The number of pyridine rings is 1. The molecule has 0 unspecified atom stereocenters. The van der Waals surface area contributed by atoms with E-state index < -0.39 is 16.5 Å². The standard InChI is InChI=1S/C9H10N2O4S/c1-2-15-9(12)6-7-4-3-5-8(10-7)11-16(13)14/h3-5H,2,6H2,1H3. The van der Waals surface area contributed by atoms with Crippen LogP contribution in [0.15, 0.2) is 22.6 Å². The van der Waals surface area contributed by atoms with Gasteiger partial charge in [0.15, 0.2) is 5.82 Å². The van der Waals surface area contributed by atoms with Crippen molar-refractivity contribution >= 4 is 22.3 Å². The summed E-state index contributed by atoms with van der Waals surface area (Å²) in [5, 5.41) is 0. The highest BCUT2D eigenvalue weighted by molar-refractivity contribution is 7.61. The van der Waals surface area contributed by atoms with Crippen LogP contribution in [0.4, 0.5) is 5.82 Å². The van der Waals surface area contributed by atoms with Gasteiger partial charge in [0.1, 0.15) is 0 Å². The van der Waals surface area contributed by atoms with E-state index in [9.17, 15) is 13.2 Å². The molecule has 0 radical (unpaired) electrons. The SMILES string of the molecule is CCOC(=O)Cc1cccc(N=S(=O)=O)n1. The molecule has 0 fully saturated rings. The molecular formula is C9H10N2O4S. The number of rotatable bonds is 4. The molecule has 1 aromatic heterocycles. The zero-order valence-corrected chi connectivity index (χ0v) is 9.40. The Balaban J connectivity index is 2.83. The lowest BCUT2D eigenvalue weighted by atomic mass is 10.3. The number of nitrogens with zero attached hydrogens (tertiary/aromatic N) is 2. The number of ether oxygens (including phenoxy) is 1. The minimum absolute atomic E-state index is 0.00267. The second kappa shape index (κ2) is 5.96. The van der Waals surface area contributed by atoms with Crippen LogP contribution in [-0.4, -0.2) is 26.0 Å². The van der Waals surface area contributed by atoms with Crippen LogP contribution < -0.4 is 0 Å². The topological polar surface area (TPSA) is 85.7 Å². The van der Waals surface area contributed by atoms with Gasteiger partial charge in [-0.25, -0.2) is 4.98 Å². The van der Waals surface area contributed by atoms with Crippen molar-refractivity contribution in [1.29, 1.82) is 0 Å². The maximum atomic E-state index is 11.1. The fourth-order valence-electron chi connectivity index (χ4n) is 1.05. The molecule has 16 heavy (non-hydrogen) atoms. The van der Waals surface area contributed by atoms with Gasteiger partial charge in [-0.2, -0.15) is 8.42 Å². The molecule has 0 amide bonds. The third kappa shape index (κ3) is 4.18. The van der Waals surface area contributed by atoms with E-state index >= 15 is 0 Å². The van der Waals surface area contributed by atoms with Gasteiger partial charge < -0.3 is 4.74 Å². The van der Waals surface area contributed by atoms with Gasteiger partial charge in [-0.15, -0.1) is 4.36 Å². The van der Waals surface area contributed by atoms with Crippen molar-refractivity contribution in [2.24, 2.45) is 4.36 Å². The van der Waals surface area contributed by atoms with Gasteiger partial charge in [-0.05, 0) is 19.1 Å². The van der Waals surface area contributed by atoms with Gasteiger partial charge in [0, 0.05) is 0 Å². The Morgan fingerprint density at radius 3 is 2.88 bits per heavy atom. The Morgan fingerprint density at radius 2 is 2.25 bits per heavy atom. The lowest BCUT2D eigenvalue weighted by Gasteiger charge is -2.01. The molecule has 0 saturated heterocycles. The van der Waals surface area contributed by atoms with Crippen LogP contribution in [0, 0.1) is 0 Å². The molecule has 0 bridgehead atoms. The molecule has 1 heterocycles.